The Balaban J connectivity index is 2.76. The first kappa shape index (κ1) is 6.85. The Morgan fingerprint density at radius 2 is 2.40 bits per heavy atom. The smallest absolute Gasteiger partial charge is 0.232 e. The Morgan fingerprint density at radius 3 is 2.90 bits per heavy atom. The van der Waals surface area contributed by atoms with Crippen molar-refractivity contribution in [2.45, 2.75) is 20.0 Å². The zero-order valence-electron chi connectivity index (χ0n) is 5.85. The lowest BCUT2D eigenvalue weighted by Gasteiger charge is -2.17. The average Bonchev–Trinajstić information content (AvgIpc) is 1.94. The summed E-state index contributed by atoms with van der Waals surface area (Å²) in [6.07, 6.45) is 0.369. The van der Waals surface area contributed by atoms with E-state index in [0.717, 1.165) is 0 Å². The molecule has 1 rings (SSSR count). The van der Waals surface area contributed by atoms with E-state index < -0.39 is 0 Å². The molecule has 1 atom stereocenters. The molecule has 54 valence electrons. The van der Waals surface area contributed by atoms with Crippen LogP contribution in [0.5, 0.6) is 0 Å². The van der Waals surface area contributed by atoms with Crippen molar-refractivity contribution in [2.75, 3.05) is 0 Å². The first-order valence-corrected chi connectivity index (χ1v) is 2.93. The molecule has 0 saturated carbocycles. The Morgan fingerprint density at radius 1 is 1.70 bits per heavy atom. The first-order valence-electron chi connectivity index (χ1n) is 2.93. The number of nitrogens with zero attached hydrogens (tertiary/aromatic N) is 4. The lowest BCUT2D eigenvalue weighted by Crippen LogP contribution is -2.28. The van der Waals surface area contributed by atoms with Gasteiger partial charge in [0.05, 0.1) is 0 Å². The molecule has 10 heavy (non-hydrogen) atoms. The zero-order valence-corrected chi connectivity index (χ0v) is 5.85. The van der Waals surface area contributed by atoms with Crippen LogP contribution in [0.25, 0.3) is 0 Å². The Bertz CT molecular complexity index is 198. The summed E-state index contributed by atoms with van der Waals surface area (Å²) >= 11 is 0. The normalized spacial score (nSPS) is 24.4. The summed E-state index contributed by atoms with van der Waals surface area (Å²) in [5, 5.41) is 12.5. The SMILES string of the molecule is CC1=NN(C=O)C(C)N=N1. The molecule has 0 aromatic heterocycles. The summed E-state index contributed by atoms with van der Waals surface area (Å²) in [5.74, 6) is 0.505. The molecule has 0 radical (unpaired) electrons. The van der Waals surface area contributed by atoms with Crippen LogP contribution in [0.1, 0.15) is 13.8 Å². The van der Waals surface area contributed by atoms with Gasteiger partial charge in [-0.2, -0.15) is 10.2 Å². The van der Waals surface area contributed by atoms with Gasteiger partial charge in [-0.25, -0.2) is 5.01 Å². The quantitative estimate of drug-likeness (QED) is 0.492. The van der Waals surface area contributed by atoms with Gasteiger partial charge in [-0.1, -0.05) is 0 Å². The van der Waals surface area contributed by atoms with Crippen LogP contribution in [0.4, 0.5) is 0 Å². The highest BCUT2D eigenvalue weighted by Crippen LogP contribution is 2.05. The van der Waals surface area contributed by atoms with Crippen molar-refractivity contribution in [3.05, 3.63) is 0 Å². The third-order valence-corrected chi connectivity index (χ3v) is 1.12. The number of carbonyl (C=O) groups excluding carboxylic acids is 1. The summed E-state index contributed by atoms with van der Waals surface area (Å²) in [5.41, 5.74) is 0. The number of rotatable bonds is 1. The van der Waals surface area contributed by atoms with Crippen LogP contribution >= 0.6 is 0 Å². The van der Waals surface area contributed by atoms with Gasteiger partial charge in [-0.15, -0.1) is 5.11 Å². The monoisotopic (exact) mass is 140 g/mol. The fourth-order valence-electron chi connectivity index (χ4n) is 0.602. The summed E-state index contributed by atoms with van der Waals surface area (Å²) in [4.78, 5) is 10.2. The number of carbonyl (C=O) groups is 1. The molecule has 0 aromatic carbocycles. The second kappa shape index (κ2) is 2.55. The standard InChI is InChI=1S/C5H8N4O/c1-4-6-7-5(2)9(3-10)8-4/h3,5H,1-2H3. The largest absolute Gasteiger partial charge is 0.277 e. The molecule has 1 aliphatic heterocycles. The van der Waals surface area contributed by atoms with Gasteiger partial charge < -0.3 is 0 Å². The fraction of sp³-hybridized carbons (Fsp3) is 0.600. The molecule has 1 unspecified atom stereocenters. The lowest BCUT2D eigenvalue weighted by atomic mass is 10.5. The third-order valence-electron chi connectivity index (χ3n) is 1.12. The molecule has 5 heteroatoms. The molecule has 0 saturated heterocycles. The molecule has 5 nitrogen and oxygen atoms in total. The maximum absolute atomic E-state index is 10.2. The number of hydrogen-bond acceptors (Lipinski definition) is 4. The van der Waals surface area contributed by atoms with E-state index >= 15 is 0 Å². The number of azo groups is 1. The van der Waals surface area contributed by atoms with E-state index in [1.807, 2.05) is 0 Å². The van der Waals surface area contributed by atoms with E-state index in [2.05, 4.69) is 15.3 Å². The number of amides is 1. The van der Waals surface area contributed by atoms with Gasteiger partial charge in [0.1, 0.15) is 0 Å². The Labute approximate surface area is 58.4 Å². The topological polar surface area (TPSA) is 57.4 Å². The maximum atomic E-state index is 10.2. The molecule has 0 aromatic rings. The van der Waals surface area contributed by atoms with Crippen molar-refractivity contribution in [2.24, 2.45) is 15.3 Å². The van der Waals surface area contributed by atoms with Crippen LogP contribution in [0.15, 0.2) is 15.3 Å². The molecule has 0 N–H and O–H groups in total. The fourth-order valence-corrected chi connectivity index (χ4v) is 0.602. The zero-order chi connectivity index (χ0) is 7.56. The highest BCUT2D eigenvalue weighted by atomic mass is 16.1. The summed E-state index contributed by atoms with van der Waals surface area (Å²) < 4.78 is 0. The maximum Gasteiger partial charge on any atom is 0.232 e. The Hall–Kier alpha value is -1.26. The molecule has 0 spiro atoms. The van der Waals surface area contributed by atoms with Crippen LogP contribution in [0, 0.1) is 0 Å². The summed E-state index contributed by atoms with van der Waals surface area (Å²) in [7, 11) is 0. The minimum atomic E-state index is -0.263. The van der Waals surface area contributed by atoms with E-state index in [9.17, 15) is 4.79 Å². The lowest BCUT2D eigenvalue weighted by molar-refractivity contribution is -0.120. The first-order chi connectivity index (χ1) is 4.74. The van der Waals surface area contributed by atoms with Crippen molar-refractivity contribution in [1.82, 2.24) is 5.01 Å². The third kappa shape index (κ3) is 1.18. The minimum Gasteiger partial charge on any atom is -0.277 e. The van der Waals surface area contributed by atoms with Gasteiger partial charge in [0, 0.05) is 0 Å². The van der Waals surface area contributed by atoms with E-state index in [1.165, 1.54) is 5.01 Å². The molecule has 0 fully saturated rings. The molecule has 1 aliphatic rings. The number of hydrazone groups is 1. The van der Waals surface area contributed by atoms with Gasteiger partial charge in [0.15, 0.2) is 12.0 Å². The van der Waals surface area contributed by atoms with Crippen LogP contribution in [0.3, 0.4) is 0 Å². The number of hydrogen-bond donors (Lipinski definition) is 0. The van der Waals surface area contributed by atoms with Gasteiger partial charge in [0.2, 0.25) is 6.41 Å². The van der Waals surface area contributed by atoms with Gasteiger partial charge in [0.25, 0.3) is 0 Å². The summed E-state index contributed by atoms with van der Waals surface area (Å²) in [6, 6.07) is 0. The van der Waals surface area contributed by atoms with E-state index in [-0.39, 0.29) is 6.17 Å². The molecule has 1 heterocycles. The molecular weight excluding hydrogens is 132 g/mol. The van der Waals surface area contributed by atoms with Crippen LogP contribution in [-0.4, -0.2) is 23.4 Å². The second-order valence-corrected chi connectivity index (χ2v) is 1.98. The molecule has 0 aliphatic carbocycles. The summed E-state index contributed by atoms with van der Waals surface area (Å²) in [6.45, 7) is 3.43. The van der Waals surface area contributed by atoms with Gasteiger partial charge >= 0.3 is 0 Å². The van der Waals surface area contributed by atoms with Crippen molar-refractivity contribution in [1.29, 1.82) is 0 Å². The molecule has 1 amide bonds. The predicted octanol–water partition coefficient (Wildman–Crippen LogP) is 0.590. The van der Waals surface area contributed by atoms with Crippen LogP contribution < -0.4 is 0 Å². The van der Waals surface area contributed by atoms with Crippen molar-refractivity contribution in [3.63, 3.8) is 0 Å². The van der Waals surface area contributed by atoms with Crippen molar-refractivity contribution in [3.8, 4) is 0 Å². The number of amidine groups is 1. The van der Waals surface area contributed by atoms with Crippen LogP contribution in [0.2, 0.25) is 0 Å². The predicted molar refractivity (Wildman–Crippen MR) is 35.3 cm³/mol. The average molecular weight is 140 g/mol. The highest BCUT2D eigenvalue weighted by Gasteiger charge is 2.12. The molecular formula is C5H8N4O. The highest BCUT2D eigenvalue weighted by molar-refractivity contribution is 5.80. The second-order valence-electron chi connectivity index (χ2n) is 1.98. The van der Waals surface area contributed by atoms with Crippen molar-refractivity contribution >= 4 is 12.2 Å². The Kier molecular flexibility index (Phi) is 1.75. The minimum absolute atomic E-state index is 0.263. The molecule has 0 bridgehead atoms. The van der Waals surface area contributed by atoms with Crippen molar-refractivity contribution < 1.29 is 4.79 Å². The van der Waals surface area contributed by atoms with E-state index in [4.69, 9.17) is 0 Å². The van der Waals surface area contributed by atoms with E-state index in [0.29, 0.717) is 12.2 Å². The van der Waals surface area contributed by atoms with E-state index in [1.54, 1.807) is 13.8 Å². The van der Waals surface area contributed by atoms with Gasteiger partial charge in [-0.3, -0.25) is 4.79 Å². The van der Waals surface area contributed by atoms with Gasteiger partial charge in [-0.05, 0) is 13.8 Å². The van der Waals surface area contributed by atoms with Crippen LogP contribution in [-0.2, 0) is 4.79 Å².